The molecule has 3 aromatic rings. The zero-order chi connectivity index (χ0) is 17.8. The number of hydrogen-bond acceptors (Lipinski definition) is 6. The minimum absolute atomic E-state index is 0.272. The summed E-state index contributed by atoms with van der Waals surface area (Å²) in [5, 5.41) is 0. The first-order valence-corrected chi connectivity index (χ1v) is 8.58. The van der Waals surface area contributed by atoms with Gasteiger partial charge >= 0.3 is 6.09 Å². The van der Waals surface area contributed by atoms with Gasteiger partial charge in [0.15, 0.2) is 5.65 Å². The number of fused-ring (bicyclic) bond motifs is 1. The number of amides is 1. The van der Waals surface area contributed by atoms with Crippen LogP contribution < -0.4 is 4.90 Å². The highest BCUT2D eigenvalue weighted by molar-refractivity contribution is 5.72. The Morgan fingerprint density at radius 3 is 2.54 bits per heavy atom. The van der Waals surface area contributed by atoms with Gasteiger partial charge in [0, 0.05) is 38.6 Å². The molecule has 0 saturated carbocycles. The second-order valence-electron chi connectivity index (χ2n) is 6.08. The largest absolute Gasteiger partial charge is 0.445 e. The average molecular weight is 349 g/mol. The quantitative estimate of drug-likeness (QED) is 0.723. The molecular weight excluding hydrogens is 330 g/mol. The molecular formula is C19H19N5O2. The standard InChI is InChI=1S/C19H19N5O2/c25-19(26-14-15-4-2-1-3-5-15)24-12-10-23(11-13-24)17-7-6-16-18(22-17)21-9-8-20-16/h1-9H,10-14H2. The average Bonchev–Trinajstić information content (AvgIpc) is 2.72. The smallest absolute Gasteiger partial charge is 0.410 e. The predicted molar refractivity (Wildman–Crippen MR) is 97.7 cm³/mol. The molecule has 132 valence electrons. The number of rotatable bonds is 3. The molecule has 1 saturated heterocycles. The van der Waals surface area contributed by atoms with Gasteiger partial charge in [-0.15, -0.1) is 0 Å². The van der Waals surface area contributed by atoms with Crippen LogP contribution in [-0.2, 0) is 11.3 Å². The van der Waals surface area contributed by atoms with E-state index in [9.17, 15) is 4.79 Å². The van der Waals surface area contributed by atoms with Crippen LogP contribution in [0.2, 0.25) is 0 Å². The van der Waals surface area contributed by atoms with Gasteiger partial charge in [-0.1, -0.05) is 30.3 Å². The number of piperazine rings is 1. The highest BCUT2D eigenvalue weighted by Gasteiger charge is 2.23. The maximum atomic E-state index is 12.2. The van der Waals surface area contributed by atoms with E-state index in [-0.39, 0.29) is 6.09 Å². The number of anilines is 1. The maximum Gasteiger partial charge on any atom is 0.410 e. The topological polar surface area (TPSA) is 71.5 Å². The van der Waals surface area contributed by atoms with Crippen LogP contribution in [0.1, 0.15) is 5.56 Å². The molecule has 1 aliphatic rings. The van der Waals surface area contributed by atoms with E-state index in [4.69, 9.17) is 4.74 Å². The van der Waals surface area contributed by atoms with Crippen molar-refractivity contribution in [1.82, 2.24) is 19.9 Å². The highest BCUT2D eigenvalue weighted by atomic mass is 16.6. The van der Waals surface area contributed by atoms with Crippen LogP contribution >= 0.6 is 0 Å². The third-order valence-corrected chi connectivity index (χ3v) is 4.38. The summed E-state index contributed by atoms with van der Waals surface area (Å²) in [5.41, 5.74) is 2.40. The van der Waals surface area contributed by atoms with E-state index >= 15 is 0 Å². The summed E-state index contributed by atoms with van der Waals surface area (Å²) in [6.45, 7) is 2.92. The Hall–Kier alpha value is -3.22. The fraction of sp³-hybridized carbons (Fsp3) is 0.263. The van der Waals surface area contributed by atoms with E-state index in [1.165, 1.54) is 0 Å². The molecule has 1 amide bonds. The highest BCUT2D eigenvalue weighted by Crippen LogP contribution is 2.17. The molecule has 0 radical (unpaired) electrons. The fourth-order valence-electron chi connectivity index (χ4n) is 2.95. The van der Waals surface area contributed by atoms with Gasteiger partial charge in [-0.25, -0.2) is 14.8 Å². The van der Waals surface area contributed by atoms with E-state index < -0.39 is 0 Å². The molecule has 1 aliphatic heterocycles. The Kier molecular flexibility index (Phi) is 4.59. The van der Waals surface area contributed by atoms with Crippen molar-refractivity contribution in [3.8, 4) is 0 Å². The Balaban J connectivity index is 1.33. The summed E-state index contributed by atoms with van der Waals surface area (Å²) in [6, 6.07) is 13.6. The van der Waals surface area contributed by atoms with Crippen LogP contribution in [-0.4, -0.2) is 52.1 Å². The van der Waals surface area contributed by atoms with Crippen LogP contribution in [0, 0.1) is 0 Å². The van der Waals surface area contributed by atoms with Crippen molar-refractivity contribution in [3.05, 3.63) is 60.4 Å². The molecule has 26 heavy (non-hydrogen) atoms. The van der Waals surface area contributed by atoms with Crippen molar-refractivity contribution in [2.24, 2.45) is 0 Å². The van der Waals surface area contributed by atoms with Crippen molar-refractivity contribution < 1.29 is 9.53 Å². The van der Waals surface area contributed by atoms with Gasteiger partial charge < -0.3 is 14.5 Å². The number of ether oxygens (including phenoxy) is 1. The van der Waals surface area contributed by atoms with Crippen molar-refractivity contribution in [1.29, 1.82) is 0 Å². The summed E-state index contributed by atoms with van der Waals surface area (Å²) in [6.07, 6.45) is 3.02. The van der Waals surface area contributed by atoms with Crippen molar-refractivity contribution in [3.63, 3.8) is 0 Å². The molecule has 1 fully saturated rings. The molecule has 7 heteroatoms. The molecule has 0 spiro atoms. The fourth-order valence-corrected chi connectivity index (χ4v) is 2.95. The summed E-state index contributed by atoms with van der Waals surface area (Å²) in [5.74, 6) is 0.857. The lowest BCUT2D eigenvalue weighted by Gasteiger charge is -2.34. The van der Waals surface area contributed by atoms with Gasteiger partial charge in [0.25, 0.3) is 0 Å². The first-order valence-electron chi connectivity index (χ1n) is 8.58. The van der Waals surface area contributed by atoms with Gasteiger partial charge in [-0.2, -0.15) is 0 Å². The van der Waals surface area contributed by atoms with Gasteiger partial charge in [0.1, 0.15) is 17.9 Å². The van der Waals surface area contributed by atoms with Crippen LogP contribution in [0.15, 0.2) is 54.9 Å². The lowest BCUT2D eigenvalue weighted by molar-refractivity contribution is 0.0941. The Bertz CT molecular complexity index is 895. The van der Waals surface area contributed by atoms with Crippen molar-refractivity contribution in [2.45, 2.75) is 6.61 Å². The van der Waals surface area contributed by atoms with E-state index in [0.717, 1.165) is 16.9 Å². The summed E-state index contributed by atoms with van der Waals surface area (Å²) >= 11 is 0. The van der Waals surface area contributed by atoms with Crippen molar-refractivity contribution >= 4 is 23.1 Å². The number of nitrogens with zero attached hydrogens (tertiary/aromatic N) is 5. The molecule has 2 aromatic heterocycles. The normalized spacial score (nSPS) is 14.5. The zero-order valence-corrected chi connectivity index (χ0v) is 14.3. The number of aromatic nitrogens is 3. The van der Waals surface area contributed by atoms with Gasteiger partial charge in [-0.3, -0.25) is 4.98 Å². The lowest BCUT2D eigenvalue weighted by Crippen LogP contribution is -2.49. The van der Waals surface area contributed by atoms with Crippen LogP contribution in [0.25, 0.3) is 11.2 Å². The molecule has 4 rings (SSSR count). The third-order valence-electron chi connectivity index (χ3n) is 4.38. The minimum Gasteiger partial charge on any atom is -0.445 e. The van der Waals surface area contributed by atoms with E-state index in [0.29, 0.717) is 38.4 Å². The minimum atomic E-state index is -0.272. The predicted octanol–water partition coefficient (Wildman–Crippen LogP) is 2.48. The molecule has 3 heterocycles. The SMILES string of the molecule is O=C(OCc1ccccc1)N1CCN(c2ccc3nccnc3n2)CC1. The number of carbonyl (C=O) groups excluding carboxylic acids is 1. The summed E-state index contributed by atoms with van der Waals surface area (Å²) in [4.78, 5) is 29.2. The molecule has 0 aliphatic carbocycles. The van der Waals surface area contributed by atoms with Crippen LogP contribution in [0.5, 0.6) is 0 Å². The van der Waals surface area contributed by atoms with E-state index in [1.807, 2.05) is 42.5 Å². The Labute approximate surface area is 151 Å². The number of carbonyl (C=O) groups is 1. The van der Waals surface area contributed by atoms with Gasteiger partial charge in [0.2, 0.25) is 0 Å². The summed E-state index contributed by atoms with van der Waals surface area (Å²) < 4.78 is 5.40. The second kappa shape index (κ2) is 7.35. The number of hydrogen-bond donors (Lipinski definition) is 0. The first kappa shape index (κ1) is 16.3. The molecule has 7 nitrogen and oxygen atoms in total. The number of pyridine rings is 1. The third kappa shape index (κ3) is 3.56. The second-order valence-corrected chi connectivity index (χ2v) is 6.08. The van der Waals surface area contributed by atoms with Crippen molar-refractivity contribution in [2.75, 3.05) is 31.1 Å². The van der Waals surface area contributed by atoms with Gasteiger partial charge in [-0.05, 0) is 17.7 Å². The van der Waals surface area contributed by atoms with Crippen LogP contribution in [0.4, 0.5) is 10.6 Å². The molecule has 0 bridgehead atoms. The lowest BCUT2D eigenvalue weighted by atomic mass is 10.2. The Morgan fingerprint density at radius 2 is 1.73 bits per heavy atom. The maximum absolute atomic E-state index is 12.2. The van der Waals surface area contributed by atoms with E-state index in [1.54, 1.807) is 17.3 Å². The van der Waals surface area contributed by atoms with Crippen LogP contribution in [0.3, 0.4) is 0 Å². The molecule has 0 N–H and O–H groups in total. The molecule has 1 aromatic carbocycles. The van der Waals surface area contributed by atoms with E-state index in [2.05, 4.69) is 19.9 Å². The number of benzene rings is 1. The van der Waals surface area contributed by atoms with Gasteiger partial charge in [0.05, 0.1) is 0 Å². The summed E-state index contributed by atoms with van der Waals surface area (Å²) in [7, 11) is 0. The monoisotopic (exact) mass is 349 g/mol. The molecule has 0 unspecified atom stereocenters. The zero-order valence-electron chi connectivity index (χ0n) is 14.3. The first-order chi connectivity index (χ1) is 12.8. The molecule has 0 atom stereocenters. The Morgan fingerprint density at radius 1 is 0.962 bits per heavy atom.